The van der Waals surface area contributed by atoms with Crippen molar-refractivity contribution in [2.45, 2.75) is 45.2 Å². The maximum Gasteiger partial charge on any atom is 0.315 e. The van der Waals surface area contributed by atoms with Gasteiger partial charge in [0.15, 0.2) is 0 Å². The van der Waals surface area contributed by atoms with Crippen LogP contribution in [0.25, 0.3) is 0 Å². The van der Waals surface area contributed by atoms with Crippen LogP contribution in [0.1, 0.15) is 43.8 Å². The number of nitrogens with zero attached hydrogens (tertiary/aromatic N) is 1. The SMILES string of the molecule is CCC(CC)(CNC(=O)NCc1nc(CN)cc(=O)[nH]1)c1ccc(Cl)cc1. The van der Waals surface area contributed by atoms with Crippen molar-refractivity contribution in [3.05, 3.63) is 62.8 Å². The van der Waals surface area contributed by atoms with E-state index in [1.165, 1.54) is 6.07 Å². The molecular formula is C19H26ClN5O2. The molecule has 8 heteroatoms. The number of nitrogens with two attached hydrogens (primary N) is 1. The highest BCUT2D eigenvalue weighted by atomic mass is 35.5. The highest BCUT2D eigenvalue weighted by Crippen LogP contribution is 2.31. The van der Waals surface area contributed by atoms with Gasteiger partial charge in [-0.15, -0.1) is 0 Å². The van der Waals surface area contributed by atoms with E-state index < -0.39 is 0 Å². The highest BCUT2D eigenvalue weighted by Gasteiger charge is 2.28. The number of aromatic amines is 1. The fourth-order valence-electron chi connectivity index (χ4n) is 3.04. The molecule has 7 nitrogen and oxygen atoms in total. The van der Waals surface area contributed by atoms with Gasteiger partial charge in [0.1, 0.15) is 5.82 Å². The van der Waals surface area contributed by atoms with Crippen molar-refractivity contribution in [3.63, 3.8) is 0 Å². The molecule has 1 aromatic carbocycles. The molecule has 0 radical (unpaired) electrons. The second-order valence-corrected chi connectivity index (χ2v) is 6.85. The Labute approximate surface area is 163 Å². The Morgan fingerprint density at radius 2 is 1.89 bits per heavy atom. The lowest BCUT2D eigenvalue weighted by Gasteiger charge is -2.32. The van der Waals surface area contributed by atoms with Gasteiger partial charge in [0.25, 0.3) is 5.56 Å². The normalized spacial score (nSPS) is 11.3. The Morgan fingerprint density at radius 1 is 1.22 bits per heavy atom. The quantitative estimate of drug-likeness (QED) is 0.553. The number of urea groups is 1. The summed E-state index contributed by atoms with van der Waals surface area (Å²) in [5, 5.41) is 6.33. The van der Waals surface area contributed by atoms with Crippen LogP contribution >= 0.6 is 11.6 Å². The third kappa shape index (κ3) is 5.55. The maximum atomic E-state index is 12.2. The van der Waals surface area contributed by atoms with Gasteiger partial charge in [-0.25, -0.2) is 9.78 Å². The molecule has 0 saturated carbocycles. The van der Waals surface area contributed by atoms with Gasteiger partial charge in [0.2, 0.25) is 0 Å². The molecule has 0 spiro atoms. The average molecular weight is 392 g/mol. The summed E-state index contributed by atoms with van der Waals surface area (Å²) in [6.07, 6.45) is 1.75. The summed E-state index contributed by atoms with van der Waals surface area (Å²) in [7, 11) is 0. The highest BCUT2D eigenvalue weighted by molar-refractivity contribution is 6.30. The lowest BCUT2D eigenvalue weighted by Crippen LogP contribution is -2.44. The third-order valence-electron chi connectivity index (χ3n) is 4.87. The lowest BCUT2D eigenvalue weighted by molar-refractivity contribution is 0.235. The summed E-state index contributed by atoms with van der Waals surface area (Å²) in [5.74, 6) is 0.369. The van der Waals surface area contributed by atoms with E-state index in [2.05, 4.69) is 34.4 Å². The van der Waals surface area contributed by atoms with Crippen molar-refractivity contribution in [2.24, 2.45) is 5.73 Å². The van der Waals surface area contributed by atoms with E-state index in [4.69, 9.17) is 17.3 Å². The second-order valence-electron chi connectivity index (χ2n) is 6.42. The number of H-pyrrole nitrogens is 1. The largest absolute Gasteiger partial charge is 0.337 e. The lowest BCUT2D eigenvalue weighted by atomic mass is 9.76. The zero-order chi connectivity index (χ0) is 19.9. The van der Waals surface area contributed by atoms with Gasteiger partial charge >= 0.3 is 6.03 Å². The minimum Gasteiger partial charge on any atom is -0.337 e. The second kappa shape index (κ2) is 9.53. The van der Waals surface area contributed by atoms with Crippen molar-refractivity contribution < 1.29 is 4.79 Å². The molecule has 2 aromatic rings. The predicted octanol–water partition coefficient (Wildman–Crippen LogP) is 2.44. The molecule has 0 fully saturated rings. The molecule has 0 bridgehead atoms. The Balaban J connectivity index is 1.99. The first-order valence-electron chi connectivity index (χ1n) is 8.99. The van der Waals surface area contributed by atoms with Crippen LogP contribution in [0, 0.1) is 0 Å². The van der Waals surface area contributed by atoms with Crippen molar-refractivity contribution >= 4 is 17.6 Å². The predicted molar refractivity (Wildman–Crippen MR) is 107 cm³/mol. The fraction of sp³-hybridized carbons (Fsp3) is 0.421. The van der Waals surface area contributed by atoms with E-state index >= 15 is 0 Å². The Hall–Kier alpha value is -2.38. The topological polar surface area (TPSA) is 113 Å². The molecule has 0 aliphatic rings. The summed E-state index contributed by atoms with van der Waals surface area (Å²) in [6, 6.07) is 8.75. The van der Waals surface area contributed by atoms with Gasteiger partial charge in [0, 0.05) is 29.6 Å². The van der Waals surface area contributed by atoms with Crippen LogP contribution in [0.2, 0.25) is 5.02 Å². The summed E-state index contributed by atoms with van der Waals surface area (Å²) >= 11 is 5.99. The smallest absolute Gasteiger partial charge is 0.315 e. The summed E-state index contributed by atoms with van der Waals surface area (Å²) in [4.78, 5) is 30.5. The number of amides is 2. The molecular weight excluding hydrogens is 366 g/mol. The van der Waals surface area contributed by atoms with Crippen LogP contribution in [0.3, 0.4) is 0 Å². The average Bonchev–Trinajstić information content (AvgIpc) is 2.68. The number of halogens is 1. The van der Waals surface area contributed by atoms with E-state index in [0.717, 1.165) is 18.4 Å². The van der Waals surface area contributed by atoms with Crippen molar-refractivity contribution in [2.75, 3.05) is 6.54 Å². The number of hydrogen-bond acceptors (Lipinski definition) is 4. The molecule has 2 amide bonds. The Morgan fingerprint density at radius 3 is 2.48 bits per heavy atom. The minimum atomic E-state index is -0.323. The van der Waals surface area contributed by atoms with E-state index in [0.29, 0.717) is 23.1 Å². The van der Waals surface area contributed by atoms with Gasteiger partial charge < -0.3 is 21.4 Å². The number of rotatable bonds is 8. The van der Waals surface area contributed by atoms with E-state index in [1.54, 1.807) is 0 Å². The van der Waals surface area contributed by atoms with E-state index in [1.807, 2.05) is 24.3 Å². The van der Waals surface area contributed by atoms with E-state index in [9.17, 15) is 9.59 Å². The minimum absolute atomic E-state index is 0.112. The standard InChI is InChI=1S/C19H26ClN5O2/c1-3-19(4-2,13-5-7-14(20)8-6-13)12-23-18(27)22-11-16-24-15(10-21)9-17(26)25-16/h5-9H,3-4,10-12,21H2,1-2H3,(H2,22,23,27)(H,24,25,26). The molecule has 27 heavy (non-hydrogen) atoms. The zero-order valence-electron chi connectivity index (χ0n) is 15.6. The van der Waals surface area contributed by atoms with Gasteiger partial charge in [-0.05, 0) is 30.5 Å². The van der Waals surface area contributed by atoms with Gasteiger partial charge in [-0.3, -0.25) is 4.79 Å². The van der Waals surface area contributed by atoms with Gasteiger partial charge in [-0.1, -0.05) is 37.6 Å². The molecule has 0 atom stereocenters. The van der Waals surface area contributed by atoms with Crippen LogP contribution < -0.4 is 21.9 Å². The molecule has 146 valence electrons. The summed E-state index contributed by atoms with van der Waals surface area (Å²) in [5.41, 5.74) is 6.67. The third-order valence-corrected chi connectivity index (χ3v) is 5.12. The van der Waals surface area contributed by atoms with Gasteiger partial charge in [0.05, 0.1) is 12.2 Å². The monoisotopic (exact) mass is 391 g/mol. The number of hydrogen-bond donors (Lipinski definition) is 4. The molecule has 1 aromatic heterocycles. The first-order valence-corrected chi connectivity index (χ1v) is 9.37. The molecule has 0 saturated heterocycles. The van der Waals surface area contributed by atoms with Crippen LogP contribution in [-0.2, 0) is 18.5 Å². The zero-order valence-corrected chi connectivity index (χ0v) is 16.4. The molecule has 5 N–H and O–H groups in total. The first-order chi connectivity index (χ1) is 12.9. The fourth-order valence-corrected chi connectivity index (χ4v) is 3.17. The van der Waals surface area contributed by atoms with Crippen molar-refractivity contribution in [1.29, 1.82) is 0 Å². The summed E-state index contributed by atoms with van der Waals surface area (Å²) in [6.45, 7) is 4.97. The number of carbonyl (C=O) groups is 1. The molecule has 0 aliphatic heterocycles. The molecule has 2 rings (SSSR count). The number of benzene rings is 1. The van der Waals surface area contributed by atoms with Crippen LogP contribution in [0.15, 0.2) is 35.1 Å². The molecule has 0 unspecified atom stereocenters. The maximum absolute atomic E-state index is 12.2. The molecule has 1 heterocycles. The molecule has 0 aliphatic carbocycles. The van der Waals surface area contributed by atoms with Crippen LogP contribution in [0.4, 0.5) is 4.79 Å². The summed E-state index contributed by atoms with van der Waals surface area (Å²) < 4.78 is 0. The number of aromatic nitrogens is 2. The van der Waals surface area contributed by atoms with Crippen molar-refractivity contribution in [3.8, 4) is 0 Å². The Bertz CT molecular complexity index is 816. The number of carbonyl (C=O) groups excluding carboxylic acids is 1. The number of nitrogens with one attached hydrogen (secondary N) is 3. The van der Waals surface area contributed by atoms with Crippen LogP contribution in [0.5, 0.6) is 0 Å². The van der Waals surface area contributed by atoms with Gasteiger partial charge in [-0.2, -0.15) is 0 Å². The van der Waals surface area contributed by atoms with Crippen LogP contribution in [-0.4, -0.2) is 22.5 Å². The Kier molecular flexibility index (Phi) is 7.38. The van der Waals surface area contributed by atoms with Crippen molar-refractivity contribution in [1.82, 2.24) is 20.6 Å². The first kappa shape index (κ1) is 20.9. The van der Waals surface area contributed by atoms with E-state index in [-0.39, 0.29) is 30.1 Å².